The first-order valence-electron chi connectivity index (χ1n) is 5.39. The minimum Gasteiger partial charge on any atom is -0.484 e. The van der Waals surface area contributed by atoms with Crippen LogP contribution in [-0.4, -0.2) is 30.5 Å². The van der Waals surface area contributed by atoms with Crippen LogP contribution in [0.1, 0.15) is 6.92 Å². The largest absolute Gasteiger partial charge is 0.484 e. The number of halogens is 3. The Hall–Kier alpha value is -2.05. The normalized spacial score (nSPS) is 12.6. The van der Waals surface area contributed by atoms with Gasteiger partial charge in [0.05, 0.1) is 6.04 Å². The summed E-state index contributed by atoms with van der Waals surface area (Å²) in [6.07, 6.45) is -4.97. The molecule has 1 atom stereocenters. The van der Waals surface area contributed by atoms with Crippen molar-refractivity contribution in [3.8, 4) is 5.75 Å². The van der Waals surface area contributed by atoms with Crippen LogP contribution in [0, 0.1) is 0 Å². The number of ether oxygens (including phenoxy) is 1. The van der Waals surface area contributed by atoms with E-state index in [4.69, 9.17) is 4.74 Å². The molecule has 19 heavy (non-hydrogen) atoms. The van der Waals surface area contributed by atoms with E-state index in [1.54, 1.807) is 30.3 Å². The van der Waals surface area contributed by atoms with Crippen LogP contribution in [0.25, 0.3) is 0 Å². The average Bonchev–Trinajstić information content (AvgIpc) is 2.35. The highest BCUT2D eigenvalue weighted by atomic mass is 19.4. The minimum atomic E-state index is -4.97. The molecule has 0 aliphatic rings. The molecule has 1 N–H and O–H groups in total. The molecule has 0 aromatic heterocycles. The van der Waals surface area contributed by atoms with E-state index in [1.807, 2.05) is 5.32 Å². The standard InChI is InChI=1S/C12H12F3NO3/c1-8(11(18)12(13,14)15)16-10(17)7-19-9-5-3-2-4-6-9/h2-6,8H,7H2,1H3,(H,16,17)/t8-/m0/s1. The second kappa shape index (κ2) is 6.21. The van der Waals surface area contributed by atoms with Gasteiger partial charge in [-0.3, -0.25) is 9.59 Å². The Balaban J connectivity index is 2.42. The number of hydrogen-bond donors (Lipinski definition) is 1. The number of nitrogens with one attached hydrogen (secondary N) is 1. The fourth-order valence-electron chi connectivity index (χ4n) is 1.26. The van der Waals surface area contributed by atoms with Crippen molar-refractivity contribution in [1.82, 2.24) is 5.32 Å². The van der Waals surface area contributed by atoms with Gasteiger partial charge in [0.25, 0.3) is 11.7 Å². The van der Waals surface area contributed by atoms with Gasteiger partial charge in [0.1, 0.15) is 5.75 Å². The van der Waals surface area contributed by atoms with Crippen LogP contribution in [0.3, 0.4) is 0 Å². The number of ketones is 1. The van der Waals surface area contributed by atoms with Gasteiger partial charge in [-0.1, -0.05) is 18.2 Å². The molecule has 0 aliphatic heterocycles. The molecule has 1 aromatic rings. The van der Waals surface area contributed by atoms with E-state index in [0.29, 0.717) is 5.75 Å². The Morgan fingerprint density at radius 2 is 1.84 bits per heavy atom. The molecule has 0 radical (unpaired) electrons. The quantitative estimate of drug-likeness (QED) is 0.890. The number of Topliss-reactive ketones (excluding diaryl/α,β-unsaturated/α-hetero) is 1. The molecule has 1 aromatic carbocycles. The van der Waals surface area contributed by atoms with E-state index < -0.39 is 30.5 Å². The van der Waals surface area contributed by atoms with Gasteiger partial charge in [-0.05, 0) is 19.1 Å². The molecule has 0 spiro atoms. The summed E-state index contributed by atoms with van der Waals surface area (Å²) in [5.74, 6) is -2.39. The van der Waals surface area contributed by atoms with Gasteiger partial charge < -0.3 is 10.1 Å². The fraction of sp³-hybridized carbons (Fsp3) is 0.333. The molecule has 0 bridgehead atoms. The van der Waals surface area contributed by atoms with Crippen molar-refractivity contribution in [2.24, 2.45) is 0 Å². The maximum absolute atomic E-state index is 12.1. The molecule has 0 aliphatic carbocycles. The molecular formula is C12H12F3NO3. The van der Waals surface area contributed by atoms with Crippen LogP contribution >= 0.6 is 0 Å². The SMILES string of the molecule is C[C@H](NC(=O)COc1ccccc1)C(=O)C(F)(F)F. The molecule has 104 valence electrons. The lowest BCUT2D eigenvalue weighted by Gasteiger charge is -2.14. The summed E-state index contributed by atoms with van der Waals surface area (Å²) < 4.78 is 41.2. The van der Waals surface area contributed by atoms with Crippen molar-refractivity contribution in [1.29, 1.82) is 0 Å². The van der Waals surface area contributed by atoms with Gasteiger partial charge >= 0.3 is 6.18 Å². The van der Waals surface area contributed by atoms with Crippen molar-refractivity contribution in [2.45, 2.75) is 19.1 Å². The Morgan fingerprint density at radius 3 is 2.37 bits per heavy atom. The van der Waals surface area contributed by atoms with E-state index >= 15 is 0 Å². The summed E-state index contributed by atoms with van der Waals surface area (Å²) in [6.45, 7) is 0.510. The summed E-state index contributed by atoms with van der Waals surface area (Å²) in [6, 6.07) is 6.67. The summed E-state index contributed by atoms with van der Waals surface area (Å²) in [7, 11) is 0. The number of hydrogen-bond acceptors (Lipinski definition) is 3. The second-order valence-corrected chi connectivity index (χ2v) is 3.75. The lowest BCUT2D eigenvalue weighted by molar-refractivity contribution is -0.173. The van der Waals surface area contributed by atoms with Gasteiger partial charge in [-0.25, -0.2) is 0 Å². The van der Waals surface area contributed by atoms with Crippen LogP contribution in [-0.2, 0) is 9.59 Å². The molecule has 0 saturated carbocycles. The third kappa shape index (κ3) is 4.99. The molecule has 0 saturated heterocycles. The van der Waals surface area contributed by atoms with Crippen molar-refractivity contribution >= 4 is 11.7 Å². The van der Waals surface area contributed by atoms with Crippen LogP contribution in [0.15, 0.2) is 30.3 Å². The molecule has 1 amide bonds. The highest BCUT2D eigenvalue weighted by Crippen LogP contribution is 2.17. The van der Waals surface area contributed by atoms with Crippen LogP contribution in [0.4, 0.5) is 13.2 Å². The van der Waals surface area contributed by atoms with E-state index in [1.165, 1.54) is 0 Å². The third-order valence-corrected chi connectivity index (χ3v) is 2.16. The third-order valence-electron chi connectivity index (χ3n) is 2.16. The summed E-state index contributed by atoms with van der Waals surface area (Å²) in [5.41, 5.74) is 0. The average molecular weight is 275 g/mol. The highest BCUT2D eigenvalue weighted by Gasteiger charge is 2.42. The smallest absolute Gasteiger partial charge is 0.452 e. The molecule has 1 rings (SSSR count). The van der Waals surface area contributed by atoms with Gasteiger partial charge in [0.15, 0.2) is 6.61 Å². The first kappa shape index (κ1) is 15.0. The Morgan fingerprint density at radius 1 is 1.26 bits per heavy atom. The van der Waals surface area contributed by atoms with Crippen molar-refractivity contribution < 1.29 is 27.5 Å². The fourth-order valence-corrected chi connectivity index (χ4v) is 1.26. The van der Waals surface area contributed by atoms with Gasteiger partial charge in [0, 0.05) is 0 Å². The second-order valence-electron chi connectivity index (χ2n) is 3.75. The highest BCUT2D eigenvalue weighted by molar-refractivity contribution is 5.92. The summed E-state index contributed by atoms with van der Waals surface area (Å²) >= 11 is 0. The Bertz CT molecular complexity index is 445. The number of alkyl halides is 3. The zero-order valence-corrected chi connectivity index (χ0v) is 10.0. The monoisotopic (exact) mass is 275 g/mol. The predicted octanol–water partition coefficient (Wildman–Crippen LogP) is 1.70. The van der Waals surface area contributed by atoms with Crippen molar-refractivity contribution in [3.63, 3.8) is 0 Å². The van der Waals surface area contributed by atoms with Crippen LogP contribution in [0.5, 0.6) is 5.75 Å². The van der Waals surface area contributed by atoms with Gasteiger partial charge in [-0.15, -0.1) is 0 Å². The lowest BCUT2D eigenvalue weighted by atomic mass is 10.2. The summed E-state index contributed by atoms with van der Waals surface area (Å²) in [4.78, 5) is 22.1. The number of para-hydroxylation sites is 1. The Labute approximate surface area is 107 Å². The summed E-state index contributed by atoms with van der Waals surface area (Å²) in [5, 5.41) is 1.92. The number of carbonyl (C=O) groups excluding carboxylic acids is 2. The van der Waals surface area contributed by atoms with Crippen LogP contribution in [0.2, 0.25) is 0 Å². The molecular weight excluding hydrogens is 263 g/mol. The maximum Gasteiger partial charge on any atom is 0.452 e. The van der Waals surface area contributed by atoms with E-state index in [9.17, 15) is 22.8 Å². The molecule has 0 fully saturated rings. The maximum atomic E-state index is 12.1. The number of amides is 1. The number of benzene rings is 1. The number of carbonyl (C=O) groups is 2. The topological polar surface area (TPSA) is 55.4 Å². The van der Waals surface area contributed by atoms with Gasteiger partial charge in [-0.2, -0.15) is 13.2 Å². The van der Waals surface area contributed by atoms with E-state index in [2.05, 4.69) is 0 Å². The molecule has 0 heterocycles. The zero-order valence-electron chi connectivity index (χ0n) is 10.0. The lowest BCUT2D eigenvalue weighted by Crippen LogP contribution is -2.46. The first-order chi connectivity index (χ1) is 8.80. The van der Waals surface area contributed by atoms with Crippen molar-refractivity contribution in [2.75, 3.05) is 6.61 Å². The number of rotatable bonds is 5. The van der Waals surface area contributed by atoms with E-state index in [-0.39, 0.29) is 0 Å². The predicted molar refractivity (Wildman–Crippen MR) is 60.6 cm³/mol. The van der Waals surface area contributed by atoms with Crippen LogP contribution < -0.4 is 10.1 Å². The Kier molecular flexibility index (Phi) is 4.91. The molecule has 7 heteroatoms. The van der Waals surface area contributed by atoms with Crippen molar-refractivity contribution in [3.05, 3.63) is 30.3 Å². The molecule has 4 nitrogen and oxygen atoms in total. The zero-order chi connectivity index (χ0) is 14.5. The van der Waals surface area contributed by atoms with E-state index in [0.717, 1.165) is 6.92 Å². The van der Waals surface area contributed by atoms with Gasteiger partial charge in [0.2, 0.25) is 0 Å². The first-order valence-corrected chi connectivity index (χ1v) is 5.39. The minimum absolute atomic E-state index is 0.410. The molecule has 0 unspecified atom stereocenters.